The van der Waals surface area contributed by atoms with Crippen molar-refractivity contribution in [3.05, 3.63) is 22.4 Å². The molecule has 3 nitrogen and oxygen atoms in total. The molecule has 0 aromatic carbocycles. The molecule has 0 spiro atoms. The molecule has 1 aromatic heterocycles. The number of hydrogen-bond donors (Lipinski definition) is 2. The maximum absolute atomic E-state index is 6.69. The normalized spacial score (nSPS) is 27.6. The highest BCUT2D eigenvalue weighted by Crippen LogP contribution is 2.40. The van der Waals surface area contributed by atoms with Gasteiger partial charge in [-0.05, 0) is 64.7 Å². The zero-order chi connectivity index (χ0) is 13.9. The van der Waals surface area contributed by atoms with Crippen molar-refractivity contribution in [1.29, 1.82) is 0 Å². The SMILES string of the molecule is CNCCCN1CCC(N)(c2cccs2)CC1(C)C. The Bertz CT molecular complexity index is 388. The summed E-state index contributed by atoms with van der Waals surface area (Å²) in [7, 11) is 2.02. The largest absolute Gasteiger partial charge is 0.321 e. The molecule has 1 aliphatic rings. The van der Waals surface area contributed by atoms with Crippen LogP contribution in [0, 0.1) is 0 Å². The zero-order valence-electron chi connectivity index (χ0n) is 12.4. The zero-order valence-corrected chi connectivity index (χ0v) is 13.2. The smallest absolute Gasteiger partial charge is 0.0533 e. The number of thiophene rings is 1. The van der Waals surface area contributed by atoms with E-state index in [0.29, 0.717) is 0 Å². The van der Waals surface area contributed by atoms with Gasteiger partial charge in [-0.1, -0.05) is 6.07 Å². The van der Waals surface area contributed by atoms with Crippen LogP contribution < -0.4 is 11.1 Å². The fourth-order valence-electron chi connectivity index (χ4n) is 3.24. The van der Waals surface area contributed by atoms with E-state index in [1.807, 2.05) is 7.05 Å². The Hall–Kier alpha value is -0.420. The van der Waals surface area contributed by atoms with Crippen LogP contribution in [0.3, 0.4) is 0 Å². The Morgan fingerprint density at radius 2 is 2.26 bits per heavy atom. The van der Waals surface area contributed by atoms with E-state index in [1.54, 1.807) is 11.3 Å². The van der Waals surface area contributed by atoms with Gasteiger partial charge in [0.2, 0.25) is 0 Å². The van der Waals surface area contributed by atoms with Gasteiger partial charge < -0.3 is 11.1 Å². The molecule has 108 valence electrons. The van der Waals surface area contributed by atoms with Gasteiger partial charge in [0.25, 0.3) is 0 Å². The van der Waals surface area contributed by atoms with Gasteiger partial charge in [-0.25, -0.2) is 0 Å². The van der Waals surface area contributed by atoms with Gasteiger partial charge in [-0.2, -0.15) is 0 Å². The van der Waals surface area contributed by atoms with E-state index in [9.17, 15) is 0 Å². The van der Waals surface area contributed by atoms with Gasteiger partial charge in [-0.15, -0.1) is 11.3 Å². The summed E-state index contributed by atoms with van der Waals surface area (Å²) < 4.78 is 0. The first-order chi connectivity index (χ1) is 8.98. The number of likely N-dealkylation sites (tertiary alicyclic amines) is 1. The Labute approximate surface area is 121 Å². The van der Waals surface area contributed by atoms with Crippen molar-refractivity contribution in [1.82, 2.24) is 10.2 Å². The van der Waals surface area contributed by atoms with Crippen molar-refractivity contribution < 1.29 is 0 Å². The second-order valence-corrected chi connectivity index (χ2v) is 7.26. The number of nitrogens with two attached hydrogens (primary N) is 1. The van der Waals surface area contributed by atoms with E-state index in [2.05, 4.69) is 41.6 Å². The number of nitrogens with one attached hydrogen (secondary N) is 1. The van der Waals surface area contributed by atoms with Crippen molar-refractivity contribution in [3.63, 3.8) is 0 Å². The molecule has 4 heteroatoms. The lowest BCUT2D eigenvalue weighted by Gasteiger charge is -2.50. The van der Waals surface area contributed by atoms with Crippen LogP contribution in [-0.4, -0.2) is 37.1 Å². The predicted molar refractivity (Wildman–Crippen MR) is 83.6 cm³/mol. The molecular weight excluding hydrogens is 254 g/mol. The van der Waals surface area contributed by atoms with Crippen LogP contribution in [0.25, 0.3) is 0 Å². The number of nitrogens with zero attached hydrogens (tertiary/aromatic N) is 1. The summed E-state index contributed by atoms with van der Waals surface area (Å²) in [5, 5.41) is 5.36. The van der Waals surface area contributed by atoms with Crippen molar-refractivity contribution >= 4 is 11.3 Å². The first-order valence-corrected chi connectivity index (χ1v) is 8.08. The molecule has 1 fully saturated rings. The lowest BCUT2D eigenvalue weighted by atomic mass is 9.76. The predicted octanol–water partition coefficient (Wildman–Crippen LogP) is 2.39. The third-order valence-corrected chi connectivity index (χ3v) is 5.39. The highest BCUT2D eigenvalue weighted by atomic mass is 32.1. The Kier molecular flexibility index (Phi) is 4.66. The quantitative estimate of drug-likeness (QED) is 0.814. The molecule has 0 aliphatic carbocycles. The maximum atomic E-state index is 6.69. The second kappa shape index (κ2) is 5.92. The first kappa shape index (κ1) is 15.0. The van der Waals surface area contributed by atoms with Gasteiger partial charge in [-0.3, -0.25) is 4.90 Å². The molecule has 3 N–H and O–H groups in total. The van der Waals surface area contributed by atoms with Crippen molar-refractivity contribution in [2.45, 2.75) is 44.2 Å². The van der Waals surface area contributed by atoms with Crippen LogP contribution in [0.15, 0.2) is 17.5 Å². The van der Waals surface area contributed by atoms with E-state index in [4.69, 9.17) is 5.73 Å². The van der Waals surface area contributed by atoms with E-state index < -0.39 is 0 Å². The lowest BCUT2D eigenvalue weighted by Crippen LogP contribution is -2.58. The molecular formula is C15H27N3S. The van der Waals surface area contributed by atoms with Crippen molar-refractivity contribution in [2.75, 3.05) is 26.7 Å². The number of hydrogen-bond acceptors (Lipinski definition) is 4. The van der Waals surface area contributed by atoms with E-state index in [-0.39, 0.29) is 11.1 Å². The van der Waals surface area contributed by atoms with Crippen LogP contribution >= 0.6 is 11.3 Å². The summed E-state index contributed by atoms with van der Waals surface area (Å²) in [4.78, 5) is 3.94. The van der Waals surface area contributed by atoms with Gasteiger partial charge in [0.05, 0.1) is 5.54 Å². The van der Waals surface area contributed by atoms with Crippen LogP contribution in [-0.2, 0) is 5.54 Å². The minimum Gasteiger partial charge on any atom is -0.321 e. The van der Waals surface area contributed by atoms with Crippen LogP contribution in [0.2, 0.25) is 0 Å². The fourth-order valence-corrected chi connectivity index (χ4v) is 4.11. The average molecular weight is 281 g/mol. The molecule has 0 bridgehead atoms. The lowest BCUT2D eigenvalue weighted by molar-refractivity contribution is 0.0331. The first-order valence-electron chi connectivity index (χ1n) is 7.20. The molecule has 1 aromatic rings. The third-order valence-electron chi connectivity index (χ3n) is 4.30. The molecule has 0 amide bonds. The summed E-state index contributed by atoms with van der Waals surface area (Å²) in [6.45, 7) is 8.02. The standard InChI is InChI=1S/C15H27N3S/c1-14(2)12-15(16,13-6-4-11-19-13)7-10-18(14)9-5-8-17-3/h4,6,11,17H,5,7-10,12,16H2,1-3H3. The van der Waals surface area contributed by atoms with Crippen LogP contribution in [0.5, 0.6) is 0 Å². The van der Waals surface area contributed by atoms with Gasteiger partial charge in [0.1, 0.15) is 0 Å². The Balaban J connectivity index is 2.02. The topological polar surface area (TPSA) is 41.3 Å². The summed E-state index contributed by atoms with van der Waals surface area (Å²) in [6.07, 6.45) is 3.31. The molecule has 19 heavy (non-hydrogen) atoms. The molecule has 1 atom stereocenters. The van der Waals surface area contributed by atoms with Crippen LogP contribution in [0.4, 0.5) is 0 Å². The number of piperidine rings is 1. The average Bonchev–Trinajstić information content (AvgIpc) is 2.86. The van der Waals surface area contributed by atoms with E-state index in [1.165, 1.54) is 11.3 Å². The van der Waals surface area contributed by atoms with Gasteiger partial charge >= 0.3 is 0 Å². The highest BCUT2D eigenvalue weighted by Gasteiger charge is 2.42. The highest BCUT2D eigenvalue weighted by molar-refractivity contribution is 7.10. The third kappa shape index (κ3) is 3.37. The van der Waals surface area contributed by atoms with E-state index in [0.717, 1.165) is 32.5 Å². The van der Waals surface area contributed by atoms with Crippen molar-refractivity contribution in [3.8, 4) is 0 Å². The maximum Gasteiger partial charge on any atom is 0.0533 e. The summed E-state index contributed by atoms with van der Waals surface area (Å²) in [5.74, 6) is 0. The second-order valence-electron chi connectivity index (χ2n) is 6.32. The molecule has 1 unspecified atom stereocenters. The van der Waals surface area contributed by atoms with Gasteiger partial charge in [0, 0.05) is 17.0 Å². The van der Waals surface area contributed by atoms with Crippen molar-refractivity contribution in [2.24, 2.45) is 5.73 Å². The Morgan fingerprint density at radius 3 is 2.84 bits per heavy atom. The molecule has 1 saturated heterocycles. The fraction of sp³-hybridized carbons (Fsp3) is 0.733. The molecule has 0 saturated carbocycles. The summed E-state index contributed by atoms with van der Waals surface area (Å²) in [5.41, 5.74) is 6.75. The van der Waals surface area contributed by atoms with E-state index >= 15 is 0 Å². The Morgan fingerprint density at radius 1 is 1.47 bits per heavy atom. The number of rotatable bonds is 5. The molecule has 2 rings (SSSR count). The minimum atomic E-state index is -0.128. The molecule has 2 heterocycles. The molecule has 0 radical (unpaired) electrons. The summed E-state index contributed by atoms with van der Waals surface area (Å²) in [6, 6.07) is 4.30. The monoisotopic (exact) mass is 281 g/mol. The van der Waals surface area contributed by atoms with Gasteiger partial charge in [0.15, 0.2) is 0 Å². The van der Waals surface area contributed by atoms with Crippen LogP contribution in [0.1, 0.15) is 38.0 Å². The summed E-state index contributed by atoms with van der Waals surface area (Å²) >= 11 is 1.80. The molecule has 1 aliphatic heterocycles. The minimum absolute atomic E-state index is 0.128.